The van der Waals surface area contributed by atoms with Crippen molar-refractivity contribution in [2.24, 2.45) is 81.3 Å². The van der Waals surface area contributed by atoms with Crippen LogP contribution >= 0.6 is 0 Å². The van der Waals surface area contributed by atoms with Gasteiger partial charge in [-0.3, -0.25) is 0 Å². The number of allylic oxidation sites excluding steroid dienone is 19. The second-order valence-corrected chi connectivity index (χ2v) is 44.5. The summed E-state index contributed by atoms with van der Waals surface area (Å²) in [6, 6.07) is 14.5. The van der Waals surface area contributed by atoms with E-state index in [1.165, 1.54) is 183 Å². The van der Waals surface area contributed by atoms with Gasteiger partial charge < -0.3 is 35.4 Å². The number of benzene rings is 2. The Morgan fingerprint density at radius 3 is 1.48 bits per heavy atom. The molecule has 10 unspecified atom stereocenters. The Morgan fingerprint density at radius 2 is 1.14 bits per heavy atom. The molecular weight excluding hydrogens is 1530 g/mol. The van der Waals surface area contributed by atoms with Crippen molar-refractivity contribution in [1.82, 2.24) is 0 Å². The number of hydrogen-bond acceptors (Lipinski definition) is 7. The maximum Gasteiger partial charge on any atom is 0.339 e. The van der Waals surface area contributed by atoms with Crippen LogP contribution in [0, 0.1) is 88.3 Å². The Labute approximate surface area is 769 Å². The zero-order valence-electron chi connectivity index (χ0n) is 85.9. The molecule has 7 saturated carbocycles. The van der Waals surface area contributed by atoms with Gasteiger partial charge in [0.25, 0.3) is 0 Å². The quantitative estimate of drug-likeness (QED) is 0.0966. The summed E-state index contributed by atoms with van der Waals surface area (Å²) in [7, 11) is 0. The van der Waals surface area contributed by atoms with Crippen LogP contribution in [0.1, 0.15) is 402 Å². The van der Waals surface area contributed by atoms with Crippen LogP contribution in [0.25, 0.3) is 0 Å². The number of aromatic hydroxyl groups is 1. The van der Waals surface area contributed by atoms with Crippen LogP contribution in [0.2, 0.25) is 0 Å². The van der Waals surface area contributed by atoms with Gasteiger partial charge in [-0.15, -0.1) is 6.58 Å². The fraction of sp³-hybridized carbons (Fsp3) is 0.667. The molecule has 2 aromatic rings. The van der Waals surface area contributed by atoms with E-state index < -0.39 is 22.8 Å². The van der Waals surface area contributed by atoms with E-state index in [-0.39, 0.29) is 29.1 Å². The highest BCUT2D eigenvalue weighted by molar-refractivity contribution is 5.90. The minimum Gasteiger partial charge on any atom is -0.507 e. The third-order valence-corrected chi connectivity index (χ3v) is 30.7. The first kappa shape index (κ1) is 113. The van der Waals surface area contributed by atoms with Crippen molar-refractivity contribution in [3.63, 3.8) is 0 Å². The minimum absolute atomic E-state index is 0.0671. The van der Waals surface area contributed by atoms with Gasteiger partial charge in [0.05, 0.1) is 34.6 Å². The predicted molar refractivity (Wildman–Crippen MR) is 543 cm³/mol. The van der Waals surface area contributed by atoms with Gasteiger partial charge in [0.15, 0.2) is 0 Å². The minimum atomic E-state index is -1.11. The van der Waals surface area contributed by atoms with E-state index in [2.05, 4.69) is 286 Å². The fourth-order valence-electron chi connectivity index (χ4n) is 19.7. The number of carboxylic acid groups (broad SMARTS) is 1. The Hall–Kier alpha value is -5.87. The second-order valence-electron chi connectivity index (χ2n) is 44.5. The summed E-state index contributed by atoms with van der Waals surface area (Å²) in [5.74, 6) is 8.13. The van der Waals surface area contributed by atoms with E-state index in [1.807, 2.05) is 19.9 Å². The maximum absolute atomic E-state index is 10.3. The van der Waals surface area contributed by atoms with Crippen LogP contribution in [0.15, 0.2) is 202 Å². The van der Waals surface area contributed by atoms with Gasteiger partial charge in [-0.25, -0.2) is 4.79 Å². The van der Waals surface area contributed by atoms with Crippen LogP contribution in [-0.4, -0.2) is 71.2 Å². The van der Waals surface area contributed by atoms with Gasteiger partial charge in [0, 0.05) is 0 Å². The lowest BCUT2D eigenvalue weighted by Gasteiger charge is -2.57. The molecule has 13 aliphatic carbocycles. The van der Waals surface area contributed by atoms with Crippen molar-refractivity contribution in [2.75, 3.05) is 6.61 Å². The summed E-state index contributed by atoms with van der Waals surface area (Å²) in [5.41, 5.74) is 21.0. The molecule has 6 N–H and O–H groups in total. The molecule has 706 valence electrons. The summed E-state index contributed by atoms with van der Waals surface area (Å²) in [6.45, 7) is 81.4. The number of aromatic carboxylic acids is 1. The third-order valence-electron chi connectivity index (χ3n) is 30.7. The largest absolute Gasteiger partial charge is 0.507 e. The number of rotatable bonds is 15. The van der Waals surface area contributed by atoms with Gasteiger partial charge >= 0.3 is 5.97 Å². The smallest absolute Gasteiger partial charge is 0.339 e. The number of carbonyl (C=O) groups is 1. The van der Waals surface area contributed by atoms with Crippen LogP contribution in [0.3, 0.4) is 0 Å². The van der Waals surface area contributed by atoms with Crippen molar-refractivity contribution >= 4 is 5.97 Å². The van der Waals surface area contributed by atoms with E-state index in [0.717, 1.165) is 123 Å². The lowest BCUT2D eigenvalue weighted by molar-refractivity contribution is -0.229. The normalized spacial score (nSPS) is 27.2. The van der Waals surface area contributed by atoms with E-state index >= 15 is 0 Å². The molecule has 2 aromatic carbocycles. The first-order valence-electron chi connectivity index (χ1n) is 49.0. The van der Waals surface area contributed by atoms with Crippen LogP contribution in [-0.2, 0) is 4.74 Å². The Kier molecular flexibility index (Phi) is 47.4. The monoisotopic (exact) mass is 1720 g/mol. The molecular formula is C117H190O8. The number of ether oxygens (including phenoxy) is 1. The van der Waals surface area contributed by atoms with Crippen molar-refractivity contribution in [2.45, 2.75) is 415 Å². The fourth-order valence-corrected chi connectivity index (χ4v) is 19.7. The van der Waals surface area contributed by atoms with Crippen LogP contribution in [0.4, 0.5) is 0 Å². The molecule has 0 spiro atoms. The topological polar surface area (TPSA) is 148 Å². The second kappa shape index (κ2) is 52.2. The molecule has 2 aliphatic heterocycles. The zero-order chi connectivity index (χ0) is 95.0. The Balaban J connectivity index is 0.000000352. The molecule has 0 radical (unpaired) electrons. The predicted octanol–water partition coefficient (Wildman–Crippen LogP) is 32.9. The highest BCUT2D eigenvalue weighted by Crippen LogP contribution is 2.69. The number of para-hydroxylation sites is 1. The summed E-state index contributed by atoms with van der Waals surface area (Å²) >= 11 is 0. The molecule has 9 fully saturated rings. The third kappa shape index (κ3) is 38.6. The lowest BCUT2D eigenvalue weighted by atomic mass is 9.47. The van der Waals surface area contributed by atoms with E-state index in [1.54, 1.807) is 41.9 Å². The summed E-state index contributed by atoms with van der Waals surface area (Å²) in [5, 5.41) is 55.1. The number of aryl methyl sites for hydroxylation is 1. The molecule has 0 aromatic heterocycles. The zero-order valence-corrected chi connectivity index (χ0v) is 85.9. The van der Waals surface area contributed by atoms with E-state index in [9.17, 15) is 20.1 Å². The molecule has 17 rings (SSSR count). The van der Waals surface area contributed by atoms with Gasteiger partial charge in [-0.1, -0.05) is 272 Å². The summed E-state index contributed by atoms with van der Waals surface area (Å²) in [6.07, 6.45) is 54.4. The highest BCUT2D eigenvalue weighted by atomic mass is 16.5. The summed E-state index contributed by atoms with van der Waals surface area (Å²) < 4.78 is 6.06. The lowest BCUT2D eigenvalue weighted by Crippen LogP contribution is -2.53. The Morgan fingerprint density at radius 1 is 0.576 bits per heavy atom. The molecule has 2 heterocycles. The number of aliphatic hydroxyl groups is 4. The van der Waals surface area contributed by atoms with Gasteiger partial charge in [0.2, 0.25) is 0 Å². The molecule has 15 aliphatic rings. The molecule has 6 bridgehead atoms. The van der Waals surface area contributed by atoms with Gasteiger partial charge in [0.1, 0.15) is 11.3 Å². The van der Waals surface area contributed by atoms with Crippen LogP contribution < -0.4 is 0 Å². The summed E-state index contributed by atoms with van der Waals surface area (Å²) in [4.78, 5) is 10.3. The number of hydrogen-bond donors (Lipinski definition) is 6. The highest BCUT2D eigenvalue weighted by Gasteiger charge is 2.60. The molecule has 0 amide bonds. The average molecular weight is 1720 g/mol. The van der Waals surface area contributed by atoms with E-state index in [0.29, 0.717) is 28.6 Å². The molecule has 2 saturated heterocycles. The molecule has 10 atom stereocenters. The molecule has 125 heavy (non-hydrogen) atoms. The molecule has 8 heteroatoms. The average Bonchev–Trinajstić information content (AvgIpc) is 1.57. The van der Waals surface area contributed by atoms with Crippen molar-refractivity contribution in [3.05, 3.63) is 219 Å². The van der Waals surface area contributed by atoms with Crippen molar-refractivity contribution in [3.8, 4) is 5.75 Å². The van der Waals surface area contributed by atoms with Crippen LogP contribution in [0.5, 0.6) is 5.75 Å². The number of aliphatic hydroxyl groups excluding tert-OH is 1. The SMILES string of the molecule is C=C(C)C1CC=C(C)CC1.C=C1CCC2(C(C)C)CC12.C=C1CCC2CC1C2(C)C.C=CC(C)(O)CCC=C(C)C.CC(C)=CCC/C(C)=C/CO.CC12CCC(CC1)C(C)(C)O2.CC1=CCC(C(C)(C)O)CC1.CC1=CCC(C(C)C)=CC1.CC1=CCC(O)(C(C)C)CC1.CC1=CCC2CC1C2(C)C.Cc1ccc(C(C)C)cc1.O=C(O)c1ccccc1O. The van der Waals surface area contributed by atoms with Crippen molar-refractivity contribution < 1.29 is 40.2 Å². The van der Waals surface area contributed by atoms with Gasteiger partial charge in [-0.05, 0) is 403 Å². The molecule has 8 nitrogen and oxygen atoms in total. The number of carboxylic acids is 1. The van der Waals surface area contributed by atoms with Crippen molar-refractivity contribution in [1.29, 1.82) is 0 Å². The first-order chi connectivity index (χ1) is 57.9. The number of phenols is 1. The Bertz CT molecular complexity index is 3950. The standard InChI is InChI=1S/5C10H18O.5C10H16.C10H14.C7H6O3/c1-9(2)8-4-6-10(3,11-9)7-5-8;1-8-4-6-9(7-5-8)10(2,3)11;1-8(2)10(11)6-4-9(3)5-7-10;1-9(2)5-4-6-10(3)7-8-11;1-5-10(4,11)8-6-7-9(2)3;2*1-7-4-5-8-6-9(7)10(8,2)3;1-7(2)10-5-4-8(3)9(10)6-10;3*1-8(2)10-6-4-9(3)5-7-10;8-6-4-2-1-3-5(6)7(9)10/h8H,4-7H2,1-3H3;4,9,11H,5-7H2,1-3H3;4,8,11H,5-7H2,1-3H3;5,7,11H,4,6,8H2,1-3H3;5,7,11H,1,6,8H2,2-4H3;4,8-9H,5-6H2,1-3H3;8-9H,1,4-6H2,2-3H3;7,9H,3-6H2,1-2H3;4,7-8H,5-6H2,1-3H3;4,10H,1,5-7H2,2-3H3;4-8H,1-3H3;1-4,8H,(H,9,10)/b;;;10-7+;;;;;;;;. The van der Waals surface area contributed by atoms with Gasteiger partial charge in [-0.2, -0.15) is 0 Å². The maximum atomic E-state index is 10.3. The van der Waals surface area contributed by atoms with E-state index in [4.69, 9.17) is 20.1 Å². The first-order valence-corrected chi connectivity index (χ1v) is 49.0. The number of fused-ring (bicyclic) bond motifs is 7.